The van der Waals surface area contributed by atoms with E-state index in [2.05, 4.69) is 0 Å². The van der Waals surface area contributed by atoms with Crippen molar-refractivity contribution in [1.82, 2.24) is 0 Å². The number of nitrogens with zero attached hydrogens (tertiary/aromatic N) is 1. The van der Waals surface area contributed by atoms with Crippen LogP contribution in [-0.2, 0) is 0 Å². The maximum atomic E-state index is 13.4. The number of benzene rings is 1. The number of rotatable bonds is 2. The fourth-order valence-electron chi connectivity index (χ4n) is 1.22. The number of nitrogens with two attached hydrogens (primary N) is 1. The molecule has 0 saturated heterocycles. The zero-order chi connectivity index (χ0) is 10.7. The van der Waals surface area contributed by atoms with E-state index in [4.69, 9.17) is 11.0 Å². The van der Waals surface area contributed by atoms with Gasteiger partial charge in [-0.15, -0.1) is 0 Å². The molecule has 14 heavy (non-hydrogen) atoms. The first-order valence-electron chi connectivity index (χ1n) is 4.15. The Morgan fingerprint density at radius 2 is 2.14 bits per heavy atom. The minimum atomic E-state index is -0.903. The third-order valence-corrected chi connectivity index (χ3v) is 2.00. The van der Waals surface area contributed by atoms with E-state index in [1.165, 1.54) is 13.0 Å². The maximum absolute atomic E-state index is 13.4. The van der Waals surface area contributed by atoms with Gasteiger partial charge in [0.05, 0.1) is 12.5 Å². The van der Waals surface area contributed by atoms with Crippen LogP contribution in [0.2, 0.25) is 0 Å². The third kappa shape index (κ3) is 1.88. The second kappa shape index (κ2) is 4.16. The fraction of sp³-hybridized carbons (Fsp3) is 0.300. The molecule has 0 aromatic heterocycles. The summed E-state index contributed by atoms with van der Waals surface area (Å²) in [5.74, 6) is -1.36. The molecule has 1 atom stereocenters. The summed E-state index contributed by atoms with van der Waals surface area (Å²) in [6, 6.07) is 3.38. The van der Waals surface area contributed by atoms with Crippen molar-refractivity contribution in [3.8, 4) is 6.07 Å². The first-order chi connectivity index (χ1) is 6.57. The smallest absolute Gasteiger partial charge is 0.133 e. The molecule has 74 valence electrons. The van der Waals surface area contributed by atoms with Crippen LogP contribution in [0.3, 0.4) is 0 Å². The van der Waals surface area contributed by atoms with E-state index in [0.29, 0.717) is 5.56 Å². The van der Waals surface area contributed by atoms with Gasteiger partial charge in [0.25, 0.3) is 0 Å². The summed E-state index contributed by atoms with van der Waals surface area (Å²) in [4.78, 5) is 0. The van der Waals surface area contributed by atoms with E-state index in [1.807, 2.05) is 0 Å². The number of aryl methyl sites for hydroxylation is 1. The lowest BCUT2D eigenvalue weighted by Crippen LogP contribution is -2.14. The lowest BCUT2D eigenvalue weighted by Gasteiger charge is -2.11. The van der Waals surface area contributed by atoms with Gasteiger partial charge in [-0.25, -0.2) is 8.78 Å². The highest BCUT2D eigenvalue weighted by Crippen LogP contribution is 2.23. The van der Waals surface area contributed by atoms with Crippen LogP contribution in [0.1, 0.15) is 23.6 Å². The predicted octanol–water partition coefficient (Wildman–Crippen LogP) is 2.19. The lowest BCUT2D eigenvalue weighted by atomic mass is 10.0. The van der Waals surface area contributed by atoms with Crippen LogP contribution < -0.4 is 5.73 Å². The van der Waals surface area contributed by atoms with Gasteiger partial charge in [-0.3, -0.25) is 0 Å². The van der Waals surface area contributed by atoms with E-state index < -0.39 is 17.7 Å². The molecule has 0 bridgehead atoms. The average molecular weight is 196 g/mol. The van der Waals surface area contributed by atoms with Crippen molar-refractivity contribution in [3.63, 3.8) is 0 Å². The minimum absolute atomic E-state index is 0.0999. The minimum Gasteiger partial charge on any atom is -0.323 e. The van der Waals surface area contributed by atoms with Crippen LogP contribution in [0.15, 0.2) is 12.1 Å². The summed E-state index contributed by atoms with van der Waals surface area (Å²) in [5, 5.41) is 8.37. The van der Waals surface area contributed by atoms with Crippen LogP contribution >= 0.6 is 0 Å². The molecule has 2 nitrogen and oxygen atoms in total. The Labute approximate surface area is 81.0 Å². The van der Waals surface area contributed by atoms with Crippen molar-refractivity contribution in [2.24, 2.45) is 5.73 Å². The molecule has 0 amide bonds. The monoisotopic (exact) mass is 196 g/mol. The standard InChI is InChI=1S/C10H10F2N2/c1-6-2-3-7(11)9(10(6)12)8(14)4-5-13/h2-3,8H,4,14H2,1H3/t8-/m0/s1. The van der Waals surface area contributed by atoms with Crippen LogP contribution in [0.25, 0.3) is 0 Å². The van der Waals surface area contributed by atoms with E-state index in [1.54, 1.807) is 6.07 Å². The van der Waals surface area contributed by atoms with E-state index in [0.717, 1.165) is 6.07 Å². The molecule has 0 heterocycles. The van der Waals surface area contributed by atoms with Crippen LogP contribution in [0, 0.1) is 29.9 Å². The van der Waals surface area contributed by atoms with Crippen molar-refractivity contribution in [3.05, 3.63) is 34.9 Å². The van der Waals surface area contributed by atoms with Crippen LogP contribution in [0.5, 0.6) is 0 Å². The Morgan fingerprint density at radius 1 is 1.50 bits per heavy atom. The fourth-order valence-corrected chi connectivity index (χ4v) is 1.22. The highest BCUT2D eigenvalue weighted by atomic mass is 19.1. The largest absolute Gasteiger partial charge is 0.323 e. The molecule has 0 spiro atoms. The summed E-state index contributed by atoms with van der Waals surface area (Å²) in [6.07, 6.45) is -0.0999. The van der Waals surface area contributed by atoms with Gasteiger partial charge in [0.2, 0.25) is 0 Å². The van der Waals surface area contributed by atoms with Crippen molar-refractivity contribution >= 4 is 0 Å². The molecule has 0 aliphatic heterocycles. The SMILES string of the molecule is Cc1ccc(F)c([C@@H](N)CC#N)c1F. The van der Waals surface area contributed by atoms with Crippen LogP contribution in [0.4, 0.5) is 8.78 Å². The van der Waals surface area contributed by atoms with Gasteiger partial charge in [0.15, 0.2) is 0 Å². The summed E-state index contributed by atoms with van der Waals surface area (Å²) in [5.41, 5.74) is 5.60. The molecule has 0 saturated carbocycles. The molecular weight excluding hydrogens is 186 g/mol. The molecule has 0 aliphatic carbocycles. The lowest BCUT2D eigenvalue weighted by molar-refractivity contribution is 0.523. The highest BCUT2D eigenvalue weighted by Gasteiger charge is 2.17. The van der Waals surface area contributed by atoms with Crippen molar-refractivity contribution in [1.29, 1.82) is 5.26 Å². The van der Waals surface area contributed by atoms with Crippen molar-refractivity contribution in [2.45, 2.75) is 19.4 Å². The van der Waals surface area contributed by atoms with Gasteiger partial charge >= 0.3 is 0 Å². The normalized spacial score (nSPS) is 12.2. The first-order valence-corrected chi connectivity index (χ1v) is 4.15. The molecule has 4 heteroatoms. The number of halogens is 2. The second-order valence-electron chi connectivity index (χ2n) is 3.06. The van der Waals surface area contributed by atoms with Gasteiger partial charge in [-0.2, -0.15) is 5.26 Å². The van der Waals surface area contributed by atoms with Gasteiger partial charge in [0, 0.05) is 11.6 Å². The molecule has 1 aromatic rings. The van der Waals surface area contributed by atoms with E-state index in [9.17, 15) is 8.78 Å². The van der Waals surface area contributed by atoms with Gasteiger partial charge in [-0.1, -0.05) is 6.07 Å². The number of nitriles is 1. The summed E-state index contributed by atoms with van der Waals surface area (Å²) >= 11 is 0. The molecule has 0 unspecified atom stereocenters. The molecule has 0 aliphatic rings. The first kappa shape index (κ1) is 10.6. The van der Waals surface area contributed by atoms with E-state index >= 15 is 0 Å². The summed E-state index contributed by atoms with van der Waals surface area (Å²) in [7, 11) is 0. The third-order valence-electron chi connectivity index (χ3n) is 2.00. The topological polar surface area (TPSA) is 49.8 Å². The highest BCUT2D eigenvalue weighted by molar-refractivity contribution is 5.29. The van der Waals surface area contributed by atoms with Crippen molar-refractivity contribution < 1.29 is 8.78 Å². The van der Waals surface area contributed by atoms with Gasteiger partial charge < -0.3 is 5.73 Å². The Hall–Kier alpha value is -1.47. The Bertz CT molecular complexity index is 382. The summed E-state index contributed by atoms with van der Waals surface area (Å²) in [6.45, 7) is 1.53. The average Bonchev–Trinajstić information content (AvgIpc) is 2.13. The quantitative estimate of drug-likeness (QED) is 0.788. The molecule has 1 rings (SSSR count). The molecule has 2 N–H and O–H groups in total. The maximum Gasteiger partial charge on any atom is 0.133 e. The Morgan fingerprint density at radius 3 is 2.71 bits per heavy atom. The second-order valence-corrected chi connectivity index (χ2v) is 3.06. The number of hydrogen-bond donors (Lipinski definition) is 1. The van der Waals surface area contributed by atoms with Crippen LogP contribution in [-0.4, -0.2) is 0 Å². The summed E-state index contributed by atoms with van der Waals surface area (Å²) < 4.78 is 26.6. The van der Waals surface area contributed by atoms with Gasteiger partial charge in [-0.05, 0) is 18.6 Å². The Kier molecular flexibility index (Phi) is 3.15. The molecule has 1 aromatic carbocycles. The predicted molar refractivity (Wildman–Crippen MR) is 48.3 cm³/mol. The molecule has 0 radical (unpaired) electrons. The molecular formula is C10H10F2N2. The van der Waals surface area contributed by atoms with Crippen molar-refractivity contribution in [2.75, 3.05) is 0 Å². The zero-order valence-electron chi connectivity index (χ0n) is 7.72. The number of hydrogen-bond acceptors (Lipinski definition) is 2. The van der Waals surface area contributed by atoms with E-state index in [-0.39, 0.29) is 12.0 Å². The molecule has 0 fully saturated rings. The van der Waals surface area contributed by atoms with Gasteiger partial charge in [0.1, 0.15) is 11.6 Å². The zero-order valence-corrected chi connectivity index (χ0v) is 7.72. The Balaban J connectivity index is 3.19.